The molecular weight excluding hydrogens is 471 g/mol. The van der Waals surface area contributed by atoms with E-state index >= 15 is 0 Å². The van der Waals surface area contributed by atoms with Crippen LogP contribution in [0.5, 0.6) is 5.75 Å². The first-order valence-electron chi connectivity index (χ1n) is 9.57. The number of nitrogens with one attached hydrogen (secondary N) is 2. The lowest BCUT2D eigenvalue weighted by atomic mass is 10.0. The predicted octanol–water partition coefficient (Wildman–Crippen LogP) is 4.89. The highest BCUT2D eigenvalue weighted by Crippen LogP contribution is 2.34. The molecule has 1 atom stereocenters. The van der Waals surface area contributed by atoms with E-state index in [4.69, 9.17) is 16.3 Å². The van der Waals surface area contributed by atoms with Gasteiger partial charge >= 0.3 is 6.18 Å². The minimum Gasteiger partial charge on any atom is -0.494 e. The van der Waals surface area contributed by atoms with Gasteiger partial charge in [-0.1, -0.05) is 17.7 Å². The van der Waals surface area contributed by atoms with Crippen molar-refractivity contribution >= 4 is 38.2 Å². The molecule has 0 aliphatic heterocycles. The van der Waals surface area contributed by atoms with Crippen LogP contribution < -0.4 is 9.46 Å². The largest absolute Gasteiger partial charge is 0.494 e. The average Bonchev–Trinajstić information content (AvgIpc) is 3.12. The first kappa shape index (κ1) is 24.1. The number of aliphatic hydroxyl groups excluding tert-OH is 1. The zero-order valence-corrected chi connectivity index (χ0v) is 18.5. The highest BCUT2D eigenvalue weighted by atomic mass is 35.5. The molecule has 0 spiro atoms. The van der Waals surface area contributed by atoms with E-state index in [0.29, 0.717) is 37.2 Å². The number of fused-ring (bicyclic) bond motifs is 1. The first-order chi connectivity index (χ1) is 14.9. The summed E-state index contributed by atoms with van der Waals surface area (Å²) in [5.41, 5.74) is -0.0287. The Balaban J connectivity index is 1.50. The lowest BCUT2D eigenvalue weighted by molar-refractivity contribution is -0.139. The van der Waals surface area contributed by atoms with Gasteiger partial charge in [-0.05, 0) is 49.1 Å². The van der Waals surface area contributed by atoms with Crippen LogP contribution in [0.1, 0.15) is 36.6 Å². The molecule has 0 aliphatic rings. The normalized spacial score (nSPS) is 13.3. The first-order valence-corrected chi connectivity index (χ1v) is 11.8. The van der Waals surface area contributed by atoms with Crippen molar-refractivity contribution in [1.29, 1.82) is 0 Å². The highest BCUT2D eigenvalue weighted by Gasteiger charge is 2.35. The predicted molar refractivity (Wildman–Crippen MR) is 115 cm³/mol. The number of H-pyrrole nitrogens is 1. The van der Waals surface area contributed by atoms with Gasteiger partial charge in [0.05, 0.1) is 35.2 Å². The molecule has 0 fully saturated rings. The van der Waals surface area contributed by atoms with Gasteiger partial charge in [0.2, 0.25) is 10.0 Å². The van der Waals surface area contributed by atoms with E-state index in [2.05, 4.69) is 9.82 Å². The molecule has 3 aromatic rings. The Morgan fingerprint density at radius 2 is 1.97 bits per heavy atom. The smallest absolute Gasteiger partial charge is 0.433 e. The molecule has 0 radical (unpaired) electrons. The van der Waals surface area contributed by atoms with E-state index in [1.165, 1.54) is 30.3 Å². The number of anilines is 1. The van der Waals surface area contributed by atoms with Crippen LogP contribution >= 0.6 is 11.6 Å². The molecule has 12 heteroatoms. The van der Waals surface area contributed by atoms with E-state index in [1.54, 1.807) is 6.07 Å². The fourth-order valence-electron chi connectivity index (χ4n) is 3.12. The van der Waals surface area contributed by atoms with Crippen LogP contribution in [0.15, 0.2) is 36.4 Å². The summed E-state index contributed by atoms with van der Waals surface area (Å²) in [4.78, 5) is 0. The Morgan fingerprint density at radius 1 is 1.22 bits per heavy atom. The van der Waals surface area contributed by atoms with Crippen molar-refractivity contribution in [3.05, 3.63) is 52.7 Å². The van der Waals surface area contributed by atoms with Crippen LogP contribution in [0.25, 0.3) is 10.9 Å². The molecule has 1 heterocycles. The molecular formula is C20H21ClF3N3O4S. The number of rotatable bonds is 9. The Morgan fingerprint density at radius 3 is 2.66 bits per heavy atom. The maximum Gasteiger partial charge on any atom is 0.433 e. The number of aliphatic hydroxyl groups is 1. The minimum atomic E-state index is -4.51. The van der Waals surface area contributed by atoms with Crippen molar-refractivity contribution in [1.82, 2.24) is 10.2 Å². The number of alkyl halides is 3. The van der Waals surface area contributed by atoms with Crippen molar-refractivity contribution in [3.8, 4) is 5.75 Å². The van der Waals surface area contributed by atoms with Crippen LogP contribution in [-0.4, -0.2) is 36.6 Å². The van der Waals surface area contributed by atoms with E-state index in [9.17, 15) is 26.7 Å². The van der Waals surface area contributed by atoms with E-state index in [1.807, 2.05) is 5.10 Å². The third-order valence-electron chi connectivity index (χ3n) is 4.62. The van der Waals surface area contributed by atoms with E-state index < -0.39 is 28.0 Å². The summed E-state index contributed by atoms with van der Waals surface area (Å²) in [6.07, 6.45) is -2.74. The maximum absolute atomic E-state index is 12.9. The number of halogens is 4. The van der Waals surface area contributed by atoms with Gasteiger partial charge in [-0.2, -0.15) is 18.3 Å². The minimum absolute atomic E-state index is 0.0272. The quantitative estimate of drug-likeness (QED) is 0.370. The Hall–Kier alpha value is -2.50. The molecule has 1 aromatic heterocycles. The number of unbranched alkanes of at least 4 members (excludes halogenated alkanes) is 1. The van der Waals surface area contributed by atoms with Crippen LogP contribution in [-0.2, 0) is 16.2 Å². The number of hydrogen-bond acceptors (Lipinski definition) is 5. The Labute approximate surface area is 187 Å². The van der Waals surface area contributed by atoms with Gasteiger partial charge in [0.1, 0.15) is 11.4 Å². The lowest BCUT2D eigenvalue weighted by Crippen LogP contribution is -2.10. The van der Waals surface area contributed by atoms with Gasteiger partial charge < -0.3 is 9.84 Å². The molecule has 0 unspecified atom stereocenters. The Bertz CT molecular complexity index is 1200. The summed E-state index contributed by atoms with van der Waals surface area (Å²) in [6, 6.07) is 8.80. The number of aromatic nitrogens is 2. The number of sulfonamides is 1. The standard InChI is InChI=1S/C20H21ClF3N3O4S/c1-32(29,30)27-17-10-12(5-8-15(17)21)18(28)4-2-3-9-31-13-6-7-14-16(11-13)25-26-19(14)20(22,23)24/h5-8,10-11,18,27-28H,2-4,9H2,1H3,(H,25,26)/t18-/m0/s1. The highest BCUT2D eigenvalue weighted by molar-refractivity contribution is 7.92. The summed E-state index contributed by atoms with van der Waals surface area (Å²) in [5.74, 6) is 0.396. The summed E-state index contributed by atoms with van der Waals surface area (Å²) in [7, 11) is -3.51. The number of nitrogens with zero attached hydrogens (tertiary/aromatic N) is 1. The van der Waals surface area contributed by atoms with Gasteiger partial charge in [0.15, 0.2) is 0 Å². The molecule has 32 heavy (non-hydrogen) atoms. The molecule has 7 nitrogen and oxygen atoms in total. The van der Waals surface area contributed by atoms with Crippen LogP contribution in [0.3, 0.4) is 0 Å². The van der Waals surface area contributed by atoms with Crippen molar-refractivity contribution in [2.45, 2.75) is 31.5 Å². The number of aromatic amines is 1. The zero-order valence-electron chi connectivity index (χ0n) is 16.9. The van der Waals surface area contributed by atoms with E-state index in [0.717, 1.165) is 6.26 Å². The molecule has 0 aliphatic carbocycles. The second-order valence-corrected chi connectivity index (χ2v) is 9.40. The lowest BCUT2D eigenvalue weighted by Gasteiger charge is -2.14. The van der Waals surface area contributed by atoms with Gasteiger partial charge in [0, 0.05) is 11.5 Å². The Kier molecular flexibility index (Phi) is 7.21. The molecule has 0 saturated carbocycles. The van der Waals surface area contributed by atoms with Crippen molar-refractivity contribution < 1.29 is 31.4 Å². The van der Waals surface area contributed by atoms with E-state index in [-0.39, 0.29) is 21.6 Å². The molecule has 0 amide bonds. The molecule has 0 bridgehead atoms. The fourth-order valence-corrected chi connectivity index (χ4v) is 3.91. The average molecular weight is 492 g/mol. The maximum atomic E-state index is 12.9. The monoisotopic (exact) mass is 491 g/mol. The second kappa shape index (κ2) is 9.55. The molecule has 3 N–H and O–H groups in total. The third-order valence-corrected chi connectivity index (χ3v) is 5.54. The van der Waals surface area contributed by atoms with Gasteiger partial charge in [-0.3, -0.25) is 9.82 Å². The van der Waals surface area contributed by atoms with Gasteiger partial charge in [0.25, 0.3) is 0 Å². The summed E-state index contributed by atoms with van der Waals surface area (Å²) >= 11 is 5.98. The van der Waals surface area contributed by atoms with Crippen LogP contribution in [0, 0.1) is 0 Å². The van der Waals surface area contributed by atoms with Crippen molar-refractivity contribution in [2.24, 2.45) is 0 Å². The van der Waals surface area contributed by atoms with Crippen molar-refractivity contribution in [3.63, 3.8) is 0 Å². The number of benzene rings is 2. The van der Waals surface area contributed by atoms with Gasteiger partial charge in [-0.15, -0.1) is 0 Å². The molecule has 2 aromatic carbocycles. The summed E-state index contributed by atoms with van der Waals surface area (Å²) < 4.78 is 69.3. The molecule has 3 rings (SSSR count). The van der Waals surface area contributed by atoms with Gasteiger partial charge in [-0.25, -0.2) is 8.42 Å². The second-order valence-electron chi connectivity index (χ2n) is 7.25. The van der Waals surface area contributed by atoms with Crippen LogP contribution in [0.2, 0.25) is 5.02 Å². The zero-order chi connectivity index (χ0) is 23.5. The number of ether oxygens (including phenoxy) is 1. The fraction of sp³-hybridized carbons (Fsp3) is 0.350. The number of hydrogen-bond donors (Lipinski definition) is 3. The third kappa shape index (κ3) is 6.27. The summed E-state index contributed by atoms with van der Waals surface area (Å²) in [6.45, 7) is 0.302. The summed E-state index contributed by atoms with van der Waals surface area (Å²) in [5, 5.41) is 16.2. The molecule has 174 valence electrons. The molecule has 0 saturated heterocycles. The van der Waals surface area contributed by atoms with Crippen LogP contribution in [0.4, 0.5) is 18.9 Å². The SMILES string of the molecule is CS(=O)(=O)Nc1cc([C@@H](O)CCCCOc2ccc3c(C(F)(F)F)[nH]nc3c2)ccc1Cl. The van der Waals surface area contributed by atoms with Crippen molar-refractivity contribution in [2.75, 3.05) is 17.6 Å². The topological polar surface area (TPSA) is 104 Å².